The molecular formula is C21H25NO. The van der Waals surface area contributed by atoms with Crippen LogP contribution in [0, 0.1) is 13.8 Å². The van der Waals surface area contributed by atoms with Crippen LogP contribution in [0.25, 0.3) is 6.08 Å². The van der Waals surface area contributed by atoms with Crippen LogP contribution in [0.1, 0.15) is 48.4 Å². The largest absolute Gasteiger partial charge is 0.323 e. The maximum Gasteiger partial charge on any atom is 0.248 e. The van der Waals surface area contributed by atoms with Crippen molar-refractivity contribution in [2.45, 2.75) is 40.0 Å². The van der Waals surface area contributed by atoms with Gasteiger partial charge >= 0.3 is 0 Å². The van der Waals surface area contributed by atoms with Gasteiger partial charge in [0, 0.05) is 11.8 Å². The number of carbonyl (C=O) groups excluding carboxylic acids is 1. The zero-order chi connectivity index (χ0) is 16.8. The summed E-state index contributed by atoms with van der Waals surface area (Å²) in [4.78, 5) is 12.0. The normalized spacial score (nSPS) is 12.3. The SMILES string of the molecule is CCC(C)c1ccc(NC(=O)/C=C/c2ccc(C)cc2C)cc1. The number of rotatable bonds is 5. The fraction of sp³-hybridized carbons (Fsp3) is 0.286. The molecule has 0 bridgehead atoms. The molecule has 120 valence electrons. The third-order valence-corrected chi connectivity index (χ3v) is 4.20. The lowest BCUT2D eigenvalue weighted by Crippen LogP contribution is -2.07. The summed E-state index contributed by atoms with van der Waals surface area (Å²) in [7, 11) is 0. The Labute approximate surface area is 139 Å². The van der Waals surface area contributed by atoms with Gasteiger partial charge in [0.1, 0.15) is 0 Å². The van der Waals surface area contributed by atoms with Crippen molar-refractivity contribution in [3.8, 4) is 0 Å². The van der Waals surface area contributed by atoms with E-state index in [1.165, 1.54) is 16.7 Å². The van der Waals surface area contributed by atoms with E-state index >= 15 is 0 Å². The number of benzene rings is 2. The molecule has 0 spiro atoms. The maximum absolute atomic E-state index is 12.0. The smallest absolute Gasteiger partial charge is 0.248 e. The lowest BCUT2D eigenvalue weighted by atomic mass is 9.99. The number of anilines is 1. The Bertz CT molecular complexity index is 698. The van der Waals surface area contributed by atoms with Crippen molar-refractivity contribution in [1.29, 1.82) is 0 Å². The molecule has 23 heavy (non-hydrogen) atoms. The molecule has 2 heteroatoms. The Balaban J connectivity index is 2.00. The minimum absolute atomic E-state index is 0.110. The minimum Gasteiger partial charge on any atom is -0.323 e. The second kappa shape index (κ2) is 7.77. The van der Waals surface area contributed by atoms with Gasteiger partial charge in [0.2, 0.25) is 5.91 Å². The zero-order valence-corrected chi connectivity index (χ0v) is 14.4. The van der Waals surface area contributed by atoms with E-state index in [4.69, 9.17) is 0 Å². The highest BCUT2D eigenvalue weighted by atomic mass is 16.1. The average molecular weight is 307 g/mol. The Hall–Kier alpha value is -2.35. The van der Waals surface area contributed by atoms with Gasteiger partial charge in [-0.25, -0.2) is 0 Å². The first-order valence-corrected chi connectivity index (χ1v) is 8.16. The number of nitrogens with one attached hydrogen (secondary N) is 1. The van der Waals surface area contributed by atoms with Gasteiger partial charge in [-0.3, -0.25) is 4.79 Å². The fourth-order valence-electron chi connectivity index (χ4n) is 2.49. The van der Waals surface area contributed by atoms with Gasteiger partial charge in [0.05, 0.1) is 0 Å². The van der Waals surface area contributed by atoms with E-state index in [2.05, 4.69) is 57.3 Å². The summed E-state index contributed by atoms with van der Waals surface area (Å²) < 4.78 is 0. The number of aryl methyl sites for hydroxylation is 2. The van der Waals surface area contributed by atoms with E-state index in [-0.39, 0.29) is 5.91 Å². The summed E-state index contributed by atoms with van der Waals surface area (Å²) in [6, 6.07) is 14.3. The molecule has 0 saturated carbocycles. The third-order valence-electron chi connectivity index (χ3n) is 4.20. The molecule has 2 aromatic rings. The quantitative estimate of drug-likeness (QED) is 0.729. The van der Waals surface area contributed by atoms with E-state index in [1.54, 1.807) is 6.08 Å². The first-order chi connectivity index (χ1) is 11.0. The summed E-state index contributed by atoms with van der Waals surface area (Å²) in [5.74, 6) is 0.436. The molecule has 1 amide bonds. The van der Waals surface area contributed by atoms with E-state index in [0.29, 0.717) is 5.92 Å². The molecule has 0 saturated heterocycles. The van der Waals surface area contributed by atoms with Gasteiger partial charge in [-0.2, -0.15) is 0 Å². The molecule has 0 aromatic heterocycles. The van der Waals surface area contributed by atoms with Crippen LogP contribution in [0.5, 0.6) is 0 Å². The first-order valence-electron chi connectivity index (χ1n) is 8.16. The number of hydrogen-bond donors (Lipinski definition) is 1. The highest BCUT2D eigenvalue weighted by molar-refractivity contribution is 6.02. The molecule has 0 aliphatic rings. The van der Waals surface area contributed by atoms with E-state index in [1.807, 2.05) is 24.3 Å². The molecule has 0 aliphatic carbocycles. The van der Waals surface area contributed by atoms with Crippen LogP contribution in [0.2, 0.25) is 0 Å². The minimum atomic E-state index is -0.110. The topological polar surface area (TPSA) is 29.1 Å². The number of carbonyl (C=O) groups is 1. The van der Waals surface area contributed by atoms with Crippen molar-refractivity contribution in [2.24, 2.45) is 0 Å². The second-order valence-corrected chi connectivity index (χ2v) is 6.11. The standard InChI is InChI=1S/C21H25NO/c1-5-16(3)18-8-11-20(12-9-18)22-21(23)13-10-19-7-6-15(2)14-17(19)4/h6-14,16H,5H2,1-4H3,(H,22,23)/b13-10+. The monoisotopic (exact) mass is 307 g/mol. The van der Waals surface area contributed by atoms with Gasteiger partial charge in [0.25, 0.3) is 0 Å². The molecule has 2 nitrogen and oxygen atoms in total. The summed E-state index contributed by atoms with van der Waals surface area (Å²) in [6.45, 7) is 8.51. The van der Waals surface area contributed by atoms with Crippen LogP contribution in [0.3, 0.4) is 0 Å². The molecule has 0 radical (unpaired) electrons. The van der Waals surface area contributed by atoms with Crippen molar-refractivity contribution in [3.63, 3.8) is 0 Å². The van der Waals surface area contributed by atoms with Crippen molar-refractivity contribution < 1.29 is 4.79 Å². The Kier molecular flexibility index (Phi) is 5.75. The van der Waals surface area contributed by atoms with Gasteiger partial charge < -0.3 is 5.32 Å². The van der Waals surface area contributed by atoms with Crippen molar-refractivity contribution in [3.05, 3.63) is 70.8 Å². The number of amides is 1. The molecule has 1 atom stereocenters. The van der Waals surface area contributed by atoms with Crippen LogP contribution in [-0.4, -0.2) is 5.91 Å². The van der Waals surface area contributed by atoms with E-state index in [0.717, 1.165) is 17.7 Å². The van der Waals surface area contributed by atoms with Gasteiger partial charge in [0.15, 0.2) is 0 Å². The Morgan fingerprint density at radius 3 is 2.43 bits per heavy atom. The van der Waals surface area contributed by atoms with E-state index in [9.17, 15) is 4.79 Å². The molecule has 1 N–H and O–H groups in total. The lowest BCUT2D eigenvalue weighted by molar-refractivity contribution is -0.111. The highest BCUT2D eigenvalue weighted by Crippen LogP contribution is 2.20. The van der Waals surface area contributed by atoms with Crippen LogP contribution >= 0.6 is 0 Å². The summed E-state index contributed by atoms with van der Waals surface area (Å²) >= 11 is 0. The van der Waals surface area contributed by atoms with Crippen LogP contribution in [-0.2, 0) is 4.79 Å². The first kappa shape index (κ1) is 17.0. The third kappa shape index (κ3) is 4.82. The highest BCUT2D eigenvalue weighted by Gasteiger charge is 2.03. The van der Waals surface area contributed by atoms with Gasteiger partial charge in [-0.15, -0.1) is 0 Å². The van der Waals surface area contributed by atoms with Crippen LogP contribution in [0.4, 0.5) is 5.69 Å². The second-order valence-electron chi connectivity index (χ2n) is 6.11. The van der Waals surface area contributed by atoms with Crippen molar-refractivity contribution in [2.75, 3.05) is 5.32 Å². The summed E-state index contributed by atoms with van der Waals surface area (Å²) in [5, 5.41) is 2.90. The average Bonchev–Trinajstić information content (AvgIpc) is 2.54. The molecule has 0 aliphatic heterocycles. The van der Waals surface area contributed by atoms with Gasteiger partial charge in [-0.05, 0) is 61.1 Å². The zero-order valence-electron chi connectivity index (χ0n) is 14.4. The maximum atomic E-state index is 12.0. The predicted octanol–water partition coefficient (Wildman–Crippen LogP) is 5.47. The Morgan fingerprint density at radius 1 is 1.13 bits per heavy atom. The summed E-state index contributed by atoms with van der Waals surface area (Å²) in [6.07, 6.45) is 4.56. The van der Waals surface area contributed by atoms with Crippen molar-refractivity contribution in [1.82, 2.24) is 0 Å². The molecule has 2 aromatic carbocycles. The summed E-state index contributed by atoms with van der Waals surface area (Å²) in [5.41, 5.74) is 5.60. The van der Waals surface area contributed by atoms with Crippen LogP contribution < -0.4 is 5.32 Å². The molecule has 1 unspecified atom stereocenters. The molecule has 0 fully saturated rings. The number of hydrogen-bond acceptors (Lipinski definition) is 1. The molecule has 2 rings (SSSR count). The molecule has 0 heterocycles. The van der Waals surface area contributed by atoms with Gasteiger partial charge in [-0.1, -0.05) is 49.7 Å². The molecular weight excluding hydrogens is 282 g/mol. The van der Waals surface area contributed by atoms with Crippen LogP contribution in [0.15, 0.2) is 48.5 Å². The fourth-order valence-corrected chi connectivity index (χ4v) is 2.49. The van der Waals surface area contributed by atoms with Crippen molar-refractivity contribution >= 4 is 17.7 Å². The lowest BCUT2D eigenvalue weighted by Gasteiger charge is -2.10. The Morgan fingerprint density at radius 2 is 1.83 bits per heavy atom. The van der Waals surface area contributed by atoms with E-state index < -0.39 is 0 Å². The predicted molar refractivity (Wildman–Crippen MR) is 98.7 cm³/mol.